The van der Waals surface area contributed by atoms with Gasteiger partial charge in [-0.25, -0.2) is 8.42 Å². The highest BCUT2D eigenvalue weighted by Crippen LogP contribution is 2.32. The van der Waals surface area contributed by atoms with E-state index >= 15 is 0 Å². The van der Waals surface area contributed by atoms with Gasteiger partial charge in [-0.05, 0) is 36.2 Å². The largest absolute Gasteiger partial charge is 0.339 e. The summed E-state index contributed by atoms with van der Waals surface area (Å²) in [6.07, 6.45) is 0. The number of amides is 1. The first-order chi connectivity index (χ1) is 11.0. The van der Waals surface area contributed by atoms with Crippen LogP contribution >= 0.6 is 11.8 Å². The minimum absolute atomic E-state index is 0.00843. The number of hydrogen-bond acceptors (Lipinski definition) is 4. The molecule has 0 aromatic heterocycles. The van der Waals surface area contributed by atoms with Gasteiger partial charge < -0.3 is 5.32 Å². The number of nitrogens with one attached hydrogen (secondary N) is 2. The molecule has 0 spiro atoms. The van der Waals surface area contributed by atoms with Crippen LogP contribution in [0.3, 0.4) is 0 Å². The normalized spacial score (nSPS) is 17.8. The van der Waals surface area contributed by atoms with Crippen molar-refractivity contribution >= 4 is 33.4 Å². The lowest BCUT2D eigenvalue weighted by atomic mass is 10.2. The highest BCUT2D eigenvalue weighted by Gasteiger charge is 2.23. The molecule has 0 saturated carbocycles. The van der Waals surface area contributed by atoms with Crippen LogP contribution in [0.25, 0.3) is 0 Å². The molecule has 2 N–H and O–H groups in total. The molecule has 3 rings (SSSR count). The van der Waals surface area contributed by atoms with E-state index in [2.05, 4.69) is 10.0 Å². The first-order valence-electron chi connectivity index (χ1n) is 7.05. The zero-order chi connectivity index (χ0) is 16.4. The maximum Gasteiger partial charge on any atom is 0.262 e. The Morgan fingerprint density at radius 1 is 1.17 bits per heavy atom. The molecule has 7 heteroatoms. The first kappa shape index (κ1) is 15.9. The lowest BCUT2D eigenvalue weighted by Gasteiger charge is -2.13. The summed E-state index contributed by atoms with van der Waals surface area (Å²) in [5.41, 5.74) is 2.04. The predicted octanol–water partition coefficient (Wildman–Crippen LogP) is 2.66. The van der Waals surface area contributed by atoms with Gasteiger partial charge in [0.1, 0.15) is 5.37 Å². The van der Waals surface area contributed by atoms with Gasteiger partial charge in [0.05, 0.1) is 10.6 Å². The molecule has 1 unspecified atom stereocenters. The van der Waals surface area contributed by atoms with Crippen LogP contribution in [0.5, 0.6) is 0 Å². The second-order valence-electron chi connectivity index (χ2n) is 5.26. The fourth-order valence-electron chi connectivity index (χ4n) is 2.40. The number of aryl methyl sites for hydroxylation is 1. The summed E-state index contributed by atoms with van der Waals surface area (Å²) < 4.78 is 27.6. The third kappa shape index (κ3) is 3.51. The Kier molecular flexibility index (Phi) is 4.32. The lowest BCUT2D eigenvalue weighted by molar-refractivity contribution is -0.118. The van der Waals surface area contributed by atoms with Crippen molar-refractivity contribution in [2.24, 2.45) is 0 Å². The van der Waals surface area contributed by atoms with Gasteiger partial charge in [0.25, 0.3) is 10.0 Å². The Morgan fingerprint density at radius 2 is 1.96 bits per heavy atom. The SMILES string of the molecule is Cc1ccccc1S(=O)(=O)Nc1cccc(C2NC(=O)CS2)c1. The number of anilines is 1. The lowest BCUT2D eigenvalue weighted by Crippen LogP contribution is -2.19. The molecule has 1 heterocycles. The van der Waals surface area contributed by atoms with Crippen molar-refractivity contribution in [2.45, 2.75) is 17.2 Å². The van der Waals surface area contributed by atoms with E-state index in [0.717, 1.165) is 5.56 Å². The molecule has 1 atom stereocenters. The molecule has 23 heavy (non-hydrogen) atoms. The molecule has 2 aromatic rings. The van der Waals surface area contributed by atoms with Crippen molar-refractivity contribution < 1.29 is 13.2 Å². The summed E-state index contributed by atoms with van der Waals surface area (Å²) in [5.74, 6) is 0.412. The average Bonchev–Trinajstić information content (AvgIpc) is 2.94. The summed E-state index contributed by atoms with van der Waals surface area (Å²) in [6.45, 7) is 1.76. The third-order valence-corrected chi connectivity index (χ3v) is 6.19. The summed E-state index contributed by atoms with van der Waals surface area (Å²) in [7, 11) is -3.64. The second kappa shape index (κ2) is 6.25. The van der Waals surface area contributed by atoms with Crippen molar-refractivity contribution in [1.29, 1.82) is 0 Å². The number of carbonyl (C=O) groups is 1. The molecule has 1 fully saturated rings. The first-order valence-corrected chi connectivity index (χ1v) is 9.58. The molecule has 1 aliphatic rings. The van der Waals surface area contributed by atoms with Gasteiger partial charge in [0, 0.05) is 5.69 Å². The smallest absolute Gasteiger partial charge is 0.262 e. The molecule has 0 aliphatic carbocycles. The number of hydrogen-bond donors (Lipinski definition) is 2. The molecule has 0 radical (unpaired) electrons. The number of benzene rings is 2. The van der Waals surface area contributed by atoms with Gasteiger partial charge >= 0.3 is 0 Å². The van der Waals surface area contributed by atoms with Crippen molar-refractivity contribution in [2.75, 3.05) is 10.5 Å². The van der Waals surface area contributed by atoms with Crippen LogP contribution in [-0.2, 0) is 14.8 Å². The minimum atomic E-state index is -3.64. The number of sulfonamides is 1. The zero-order valence-electron chi connectivity index (χ0n) is 12.4. The summed E-state index contributed by atoms with van der Waals surface area (Å²) >= 11 is 1.49. The van der Waals surface area contributed by atoms with E-state index in [1.165, 1.54) is 11.8 Å². The van der Waals surface area contributed by atoms with Crippen molar-refractivity contribution in [3.63, 3.8) is 0 Å². The maximum atomic E-state index is 12.5. The standard InChI is InChI=1S/C16H16N2O3S2/c1-11-5-2-3-8-14(11)23(20,21)18-13-7-4-6-12(9-13)16-17-15(19)10-22-16/h2-9,16,18H,10H2,1H3,(H,17,19). The van der Waals surface area contributed by atoms with Crippen molar-refractivity contribution in [1.82, 2.24) is 5.32 Å². The Hall–Kier alpha value is -1.99. The Morgan fingerprint density at radius 3 is 2.65 bits per heavy atom. The van der Waals surface area contributed by atoms with E-state index in [1.54, 1.807) is 49.4 Å². The van der Waals surface area contributed by atoms with Crippen LogP contribution in [-0.4, -0.2) is 20.1 Å². The van der Waals surface area contributed by atoms with Crippen molar-refractivity contribution in [3.05, 3.63) is 59.7 Å². The highest BCUT2D eigenvalue weighted by atomic mass is 32.2. The van der Waals surface area contributed by atoms with Crippen LogP contribution in [0.2, 0.25) is 0 Å². The van der Waals surface area contributed by atoms with Crippen molar-refractivity contribution in [3.8, 4) is 0 Å². The summed E-state index contributed by atoms with van der Waals surface area (Å²) in [4.78, 5) is 11.6. The molecule has 2 aromatic carbocycles. The van der Waals surface area contributed by atoms with Crippen LogP contribution < -0.4 is 10.0 Å². The van der Waals surface area contributed by atoms with Gasteiger partial charge in [-0.15, -0.1) is 11.8 Å². The van der Waals surface area contributed by atoms with E-state index < -0.39 is 10.0 Å². The van der Waals surface area contributed by atoms with E-state index in [0.29, 0.717) is 17.0 Å². The Labute approximate surface area is 139 Å². The second-order valence-corrected chi connectivity index (χ2v) is 8.00. The average molecular weight is 348 g/mol. The monoisotopic (exact) mass is 348 g/mol. The topological polar surface area (TPSA) is 75.3 Å². The highest BCUT2D eigenvalue weighted by molar-refractivity contribution is 8.00. The Balaban J connectivity index is 1.86. The fourth-order valence-corrected chi connectivity index (χ4v) is 4.65. The quantitative estimate of drug-likeness (QED) is 0.891. The molecule has 0 bridgehead atoms. The molecule has 120 valence electrons. The number of carbonyl (C=O) groups excluding carboxylic acids is 1. The van der Waals surface area contributed by atoms with E-state index in [4.69, 9.17) is 0 Å². The van der Waals surface area contributed by atoms with Gasteiger partial charge in [-0.1, -0.05) is 30.3 Å². The van der Waals surface area contributed by atoms with E-state index in [-0.39, 0.29) is 16.2 Å². The number of thioether (sulfide) groups is 1. The van der Waals surface area contributed by atoms with Crippen LogP contribution in [0.1, 0.15) is 16.5 Å². The predicted molar refractivity (Wildman–Crippen MR) is 91.8 cm³/mol. The maximum absolute atomic E-state index is 12.5. The van der Waals surface area contributed by atoms with Gasteiger partial charge in [0.2, 0.25) is 5.91 Å². The van der Waals surface area contributed by atoms with Gasteiger partial charge in [-0.2, -0.15) is 0 Å². The van der Waals surface area contributed by atoms with E-state index in [1.807, 2.05) is 6.07 Å². The van der Waals surface area contributed by atoms with Crippen LogP contribution in [0.4, 0.5) is 5.69 Å². The molecule has 5 nitrogen and oxygen atoms in total. The molecular weight excluding hydrogens is 332 g/mol. The third-order valence-electron chi connectivity index (χ3n) is 3.50. The molecule has 1 aliphatic heterocycles. The minimum Gasteiger partial charge on any atom is -0.339 e. The molecular formula is C16H16N2O3S2. The number of rotatable bonds is 4. The van der Waals surface area contributed by atoms with Crippen LogP contribution in [0.15, 0.2) is 53.4 Å². The zero-order valence-corrected chi connectivity index (χ0v) is 14.1. The Bertz CT molecular complexity index is 850. The van der Waals surface area contributed by atoms with Gasteiger partial charge in [0.15, 0.2) is 0 Å². The fraction of sp³-hybridized carbons (Fsp3) is 0.188. The summed E-state index contributed by atoms with van der Waals surface area (Å²) in [5, 5.41) is 2.71. The van der Waals surface area contributed by atoms with Crippen LogP contribution in [0, 0.1) is 6.92 Å². The molecule has 1 saturated heterocycles. The molecule has 1 amide bonds. The van der Waals surface area contributed by atoms with Gasteiger partial charge in [-0.3, -0.25) is 9.52 Å². The summed E-state index contributed by atoms with van der Waals surface area (Å²) in [6, 6.07) is 13.9. The van der Waals surface area contributed by atoms with E-state index in [9.17, 15) is 13.2 Å².